The average molecular weight is 370 g/mol. The van der Waals surface area contributed by atoms with Crippen molar-refractivity contribution in [3.05, 3.63) is 75.2 Å². The van der Waals surface area contributed by atoms with Crippen LogP contribution in [0.2, 0.25) is 5.02 Å². The van der Waals surface area contributed by atoms with E-state index in [4.69, 9.17) is 11.6 Å². The van der Waals surface area contributed by atoms with E-state index < -0.39 is 0 Å². The number of hydrogen-bond acceptors (Lipinski definition) is 3. The van der Waals surface area contributed by atoms with E-state index in [1.807, 2.05) is 20.8 Å². The first-order valence-corrected chi connectivity index (χ1v) is 8.58. The molecule has 0 aliphatic heterocycles. The molecule has 0 spiro atoms. The van der Waals surface area contributed by atoms with Crippen molar-refractivity contribution in [3.63, 3.8) is 0 Å². The highest BCUT2D eigenvalue weighted by atomic mass is 35.5. The number of phenolic OH excluding ortho intramolecular Hbond substituents is 1. The molecule has 0 unspecified atom stereocenters. The summed E-state index contributed by atoms with van der Waals surface area (Å²) in [4.78, 5) is 17.3. The van der Waals surface area contributed by atoms with Gasteiger partial charge in [-0.3, -0.25) is 14.9 Å². The van der Waals surface area contributed by atoms with Crippen LogP contribution in [0.4, 0.5) is 5.69 Å². The van der Waals surface area contributed by atoms with Crippen LogP contribution in [0.15, 0.2) is 58.3 Å². The van der Waals surface area contributed by atoms with Gasteiger partial charge in [0.05, 0.1) is 16.9 Å². The van der Waals surface area contributed by atoms with Crippen LogP contribution in [0.5, 0.6) is 5.75 Å². The summed E-state index contributed by atoms with van der Waals surface area (Å²) >= 11 is 6.06. The number of aromatic amines is 1. The van der Waals surface area contributed by atoms with E-state index in [9.17, 15) is 9.90 Å². The molecule has 134 valence electrons. The minimum atomic E-state index is -0.303. The topological polar surface area (TPSA) is 70.4 Å². The average Bonchev–Trinajstić information content (AvgIpc) is 2.91. The Labute approximate surface area is 156 Å². The van der Waals surface area contributed by atoms with E-state index >= 15 is 0 Å². The van der Waals surface area contributed by atoms with E-state index in [-0.39, 0.29) is 16.7 Å². The van der Waals surface area contributed by atoms with Crippen LogP contribution in [0, 0.1) is 0 Å². The number of H-pyrrole nitrogens is 1. The van der Waals surface area contributed by atoms with Gasteiger partial charge in [0.2, 0.25) is 0 Å². The lowest BCUT2D eigenvalue weighted by atomic mass is 9.90. The molecule has 0 aliphatic carbocycles. The van der Waals surface area contributed by atoms with Crippen molar-refractivity contribution in [2.24, 2.45) is 4.99 Å². The number of aromatic nitrogens is 2. The molecular formula is C20H20ClN3O2. The van der Waals surface area contributed by atoms with Gasteiger partial charge in [0.25, 0.3) is 5.56 Å². The number of nitrogens with one attached hydrogen (secondary N) is 1. The molecule has 0 bridgehead atoms. The molecule has 6 heteroatoms. The van der Waals surface area contributed by atoms with Gasteiger partial charge in [-0.15, -0.1) is 0 Å². The van der Waals surface area contributed by atoms with Crippen molar-refractivity contribution >= 4 is 23.5 Å². The number of halogens is 1. The van der Waals surface area contributed by atoms with Gasteiger partial charge in [0.15, 0.2) is 0 Å². The van der Waals surface area contributed by atoms with Gasteiger partial charge in [-0.05, 0) is 30.3 Å². The first-order chi connectivity index (χ1) is 12.3. The molecule has 5 nitrogen and oxygen atoms in total. The zero-order valence-corrected chi connectivity index (χ0v) is 15.6. The molecule has 2 N–H and O–H groups in total. The third-order valence-corrected chi connectivity index (χ3v) is 4.19. The highest BCUT2D eigenvalue weighted by molar-refractivity contribution is 6.30. The lowest BCUT2D eigenvalue weighted by Crippen LogP contribution is -2.18. The molecular weight excluding hydrogens is 350 g/mol. The Hall–Kier alpha value is -2.79. The smallest absolute Gasteiger partial charge is 0.280 e. The number of hydrogen-bond donors (Lipinski definition) is 2. The van der Waals surface area contributed by atoms with Crippen LogP contribution in [-0.2, 0) is 5.41 Å². The molecule has 0 fully saturated rings. The zero-order chi connectivity index (χ0) is 18.9. The molecule has 1 heterocycles. The van der Waals surface area contributed by atoms with Gasteiger partial charge in [0, 0.05) is 16.7 Å². The van der Waals surface area contributed by atoms with Gasteiger partial charge < -0.3 is 5.11 Å². The molecule has 2 aromatic carbocycles. The summed E-state index contributed by atoms with van der Waals surface area (Å²) < 4.78 is 1.46. The highest BCUT2D eigenvalue weighted by Crippen LogP contribution is 2.26. The SMILES string of the molecule is CC(C)(C)c1[nH]n(-c2cccc(Cl)c2)c(=O)c1C=Nc1ccccc1O. The van der Waals surface area contributed by atoms with Gasteiger partial charge in [-0.1, -0.05) is 50.6 Å². The summed E-state index contributed by atoms with van der Waals surface area (Å²) in [6.45, 7) is 6.04. The number of para-hydroxylation sites is 2. The van der Waals surface area contributed by atoms with Gasteiger partial charge >= 0.3 is 0 Å². The summed E-state index contributed by atoms with van der Waals surface area (Å²) in [5.74, 6) is 0.0618. The normalized spacial score (nSPS) is 12.0. The maximum Gasteiger partial charge on any atom is 0.280 e. The van der Waals surface area contributed by atoms with E-state index in [1.165, 1.54) is 10.9 Å². The summed E-state index contributed by atoms with van der Waals surface area (Å²) in [7, 11) is 0. The first kappa shape index (κ1) is 18.0. The number of benzene rings is 2. The Morgan fingerprint density at radius 2 is 1.88 bits per heavy atom. The standard InChI is InChI=1S/C20H20ClN3O2/c1-20(2,3)18-15(12-22-16-9-4-5-10-17(16)25)19(26)24(23-18)14-8-6-7-13(21)11-14/h4-12,23,25H,1-3H3. The molecule has 0 saturated carbocycles. The molecule has 26 heavy (non-hydrogen) atoms. The second-order valence-electron chi connectivity index (χ2n) is 7.02. The fraction of sp³-hybridized carbons (Fsp3) is 0.200. The van der Waals surface area contributed by atoms with Gasteiger partial charge in [-0.2, -0.15) is 0 Å². The number of aromatic hydroxyl groups is 1. The fourth-order valence-electron chi connectivity index (χ4n) is 2.65. The summed E-state index contributed by atoms with van der Waals surface area (Å²) in [6, 6.07) is 13.8. The third-order valence-electron chi connectivity index (χ3n) is 3.96. The van der Waals surface area contributed by atoms with Crippen molar-refractivity contribution in [2.45, 2.75) is 26.2 Å². The van der Waals surface area contributed by atoms with Crippen molar-refractivity contribution in [2.75, 3.05) is 0 Å². The highest BCUT2D eigenvalue weighted by Gasteiger charge is 2.24. The van der Waals surface area contributed by atoms with Crippen LogP contribution < -0.4 is 5.56 Å². The second-order valence-corrected chi connectivity index (χ2v) is 7.45. The van der Waals surface area contributed by atoms with E-state index in [0.29, 0.717) is 22.0 Å². The maximum atomic E-state index is 13.0. The maximum absolute atomic E-state index is 13.0. The summed E-state index contributed by atoms with van der Waals surface area (Å²) in [6.07, 6.45) is 1.50. The quantitative estimate of drug-likeness (QED) is 0.664. The summed E-state index contributed by atoms with van der Waals surface area (Å²) in [5.41, 5.74) is 1.72. The Kier molecular flexibility index (Phi) is 4.74. The predicted molar refractivity (Wildman–Crippen MR) is 105 cm³/mol. The number of phenols is 1. The minimum absolute atomic E-state index is 0.0618. The monoisotopic (exact) mass is 369 g/mol. The van der Waals surface area contributed by atoms with E-state index in [0.717, 1.165) is 5.69 Å². The Balaban J connectivity index is 2.15. The zero-order valence-electron chi connectivity index (χ0n) is 14.8. The number of nitrogens with zero attached hydrogens (tertiary/aromatic N) is 2. The lowest BCUT2D eigenvalue weighted by Gasteiger charge is -2.17. The molecule has 3 aromatic rings. The van der Waals surface area contributed by atoms with Crippen LogP contribution in [-0.4, -0.2) is 21.1 Å². The van der Waals surface area contributed by atoms with Gasteiger partial charge in [0.1, 0.15) is 11.4 Å². The predicted octanol–water partition coefficient (Wildman–Crippen LogP) is 4.57. The molecule has 0 radical (unpaired) electrons. The fourth-order valence-corrected chi connectivity index (χ4v) is 2.83. The lowest BCUT2D eigenvalue weighted by molar-refractivity contribution is 0.477. The van der Waals surface area contributed by atoms with Crippen LogP contribution in [0.3, 0.4) is 0 Å². The Bertz CT molecular complexity index is 1030. The Morgan fingerprint density at radius 3 is 2.54 bits per heavy atom. The van der Waals surface area contributed by atoms with Crippen molar-refractivity contribution in [1.29, 1.82) is 0 Å². The molecule has 0 saturated heterocycles. The van der Waals surface area contributed by atoms with E-state index in [2.05, 4.69) is 10.1 Å². The van der Waals surface area contributed by atoms with Crippen molar-refractivity contribution < 1.29 is 5.11 Å². The second kappa shape index (κ2) is 6.84. The Morgan fingerprint density at radius 1 is 1.15 bits per heavy atom. The molecule has 3 rings (SSSR count). The first-order valence-electron chi connectivity index (χ1n) is 8.21. The molecule has 0 atom stereocenters. The number of aliphatic imine (C=N–C) groups is 1. The number of rotatable bonds is 3. The summed E-state index contributed by atoms with van der Waals surface area (Å²) in [5, 5.41) is 13.6. The molecule has 1 aromatic heterocycles. The third kappa shape index (κ3) is 3.58. The van der Waals surface area contributed by atoms with E-state index in [1.54, 1.807) is 48.5 Å². The molecule has 0 aliphatic rings. The van der Waals surface area contributed by atoms with Crippen LogP contribution in [0.1, 0.15) is 32.0 Å². The minimum Gasteiger partial charge on any atom is -0.506 e. The largest absolute Gasteiger partial charge is 0.506 e. The van der Waals surface area contributed by atoms with Crippen LogP contribution >= 0.6 is 11.6 Å². The van der Waals surface area contributed by atoms with Crippen molar-refractivity contribution in [3.8, 4) is 11.4 Å². The van der Waals surface area contributed by atoms with Crippen molar-refractivity contribution in [1.82, 2.24) is 9.78 Å². The van der Waals surface area contributed by atoms with Gasteiger partial charge in [-0.25, -0.2) is 4.68 Å². The van der Waals surface area contributed by atoms with Crippen LogP contribution in [0.25, 0.3) is 5.69 Å². The molecule has 0 amide bonds.